The highest BCUT2D eigenvalue weighted by atomic mass is 35.5. The molecule has 0 aromatic heterocycles. The Labute approximate surface area is 126 Å². The summed E-state index contributed by atoms with van der Waals surface area (Å²) in [5.41, 5.74) is 1.29. The summed E-state index contributed by atoms with van der Waals surface area (Å²) in [6, 6.07) is 7.03. The number of hydrogen-bond acceptors (Lipinski definition) is 2. The molecule has 112 valence electrons. The standard InChI is InChI=1S/C15H22ClNO2S/c1-15(2)9-7-13(11-15)17-20(18,19)14-5-3-12(4-6-14)8-10-16/h3-6,13,17H,7-11H2,1-2H3. The van der Waals surface area contributed by atoms with E-state index >= 15 is 0 Å². The van der Waals surface area contributed by atoms with Gasteiger partial charge in [-0.25, -0.2) is 13.1 Å². The fourth-order valence-electron chi connectivity index (χ4n) is 2.77. The van der Waals surface area contributed by atoms with Gasteiger partial charge in [0.25, 0.3) is 0 Å². The Bertz CT molecular complexity index is 552. The third kappa shape index (κ3) is 3.96. The van der Waals surface area contributed by atoms with Gasteiger partial charge in [0.05, 0.1) is 4.90 Å². The van der Waals surface area contributed by atoms with Crippen LogP contribution in [0.15, 0.2) is 29.2 Å². The molecule has 1 aliphatic rings. The van der Waals surface area contributed by atoms with Crippen LogP contribution in [-0.4, -0.2) is 20.3 Å². The van der Waals surface area contributed by atoms with E-state index in [0.717, 1.165) is 31.2 Å². The van der Waals surface area contributed by atoms with Gasteiger partial charge in [-0.05, 0) is 48.8 Å². The van der Waals surface area contributed by atoms with E-state index in [1.807, 2.05) is 12.1 Å². The quantitative estimate of drug-likeness (QED) is 0.847. The van der Waals surface area contributed by atoms with Crippen LogP contribution in [0.1, 0.15) is 38.7 Å². The number of halogens is 1. The van der Waals surface area contributed by atoms with Crippen LogP contribution in [0.4, 0.5) is 0 Å². The zero-order valence-corrected chi connectivity index (χ0v) is 13.6. The molecule has 3 nitrogen and oxygen atoms in total. The van der Waals surface area contributed by atoms with Crippen LogP contribution in [0, 0.1) is 5.41 Å². The Balaban J connectivity index is 2.07. The Kier molecular flexibility index (Phi) is 4.77. The lowest BCUT2D eigenvalue weighted by Crippen LogP contribution is -2.33. The first-order chi connectivity index (χ1) is 9.32. The highest BCUT2D eigenvalue weighted by molar-refractivity contribution is 7.89. The molecular weight excluding hydrogens is 294 g/mol. The summed E-state index contributed by atoms with van der Waals surface area (Å²) in [7, 11) is -3.41. The summed E-state index contributed by atoms with van der Waals surface area (Å²) >= 11 is 5.68. The summed E-state index contributed by atoms with van der Waals surface area (Å²) < 4.78 is 27.5. The van der Waals surface area contributed by atoms with Gasteiger partial charge in [0, 0.05) is 11.9 Å². The molecule has 1 fully saturated rings. The molecule has 1 atom stereocenters. The van der Waals surface area contributed by atoms with Gasteiger partial charge in [0.15, 0.2) is 0 Å². The van der Waals surface area contributed by atoms with E-state index in [0.29, 0.717) is 10.8 Å². The Morgan fingerprint density at radius 2 is 1.95 bits per heavy atom. The summed E-state index contributed by atoms with van der Waals surface area (Å²) in [5.74, 6) is 0.543. The van der Waals surface area contributed by atoms with E-state index in [1.54, 1.807) is 12.1 Å². The fraction of sp³-hybridized carbons (Fsp3) is 0.600. The molecule has 0 amide bonds. The molecule has 1 unspecified atom stereocenters. The van der Waals surface area contributed by atoms with Gasteiger partial charge < -0.3 is 0 Å². The van der Waals surface area contributed by atoms with Crippen molar-refractivity contribution in [2.75, 3.05) is 5.88 Å². The molecule has 5 heteroatoms. The number of nitrogens with one attached hydrogen (secondary N) is 1. The van der Waals surface area contributed by atoms with Gasteiger partial charge in [0.1, 0.15) is 0 Å². The van der Waals surface area contributed by atoms with E-state index in [9.17, 15) is 8.42 Å². The molecular formula is C15H22ClNO2S. The largest absolute Gasteiger partial charge is 0.240 e. The second-order valence-electron chi connectivity index (χ2n) is 6.31. The molecule has 0 spiro atoms. The Morgan fingerprint density at radius 3 is 2.45 bits per heavy atom. The maximum Gasteiger partial charge on any atom is 0.240 e. The van der Waals surface area contributed by atoms with Crippen molar-refractivity contribution in [2.45, 2.75) is 50.5 Å². The van der Waals surface area contributed by atoms with Gasteiger partial charge in [-0.3, -0.25) is 0 Å². The van der Waals surface area contributed by atoms with Crippen molar-refractivity contribution in [3.63, 3.8) is 0 Å². The minimum absolute atomic E-state index is 0.0533. The lowest BCUT2D eigenvalue weighted by atomic mass is 9.92. The van der Waals surface area contributed by atoms with E-state index < -0.39 is 10.0 Å². The van der Waals surface area contributed by atoms with Crippen molar-refractivity contribution in [1.82, 2.24) is 4.72 Å². The number of sulfonamides is 1. The van der Waals surface area contributed by atoms with E-state index in [1.165, 1.54) is 0 Å². The third-order valence-corrected chi connectivity index (χ3v) is 5.63. The second-order valence-corrected chi connectivity index (χ2v) is 8.40. The maximum atomic E-state index is 12.3. The summed E-state index contributed by atoms with van der Waals surface area (Å²) in [6.45, 7) is 4.37. The molecule has 1 saturated carbocycles. The normalized spacial score (nSPS) is 22.1. The molecule has 0 bridgehead atoms. The first-order valence-corrected chi connectivity index (χ1v) is 9.01. The summed E-state index contributed by atoms with van der Waals surface area (Å²) in [6.07, 6.45) is 3.63. The molecule has 0 radical (unpaired) electrons. The smallest absolute Gasteiger partial charge is 0.208 e. The van der Waals surface area contributed by atoms with Gasteiger partial charge in [-0.2, -0.15) is 0 Å². The van der Waals surface area contributed by atoms with Gasteiger partial charge in [-0.15, -0.1) is 11.6 Å². The van der Waals surface area contributed by atoms with E-state index in [-0.39, 0.29) is 11.5 Å². The SMILES string of the molecule is CC1(C)CCC(NS(=O)(=O)c2ccc(CCCl)cc2)C1. The molecule has 0 heterocycles. The van der Waals surface area contributed by atoms with Crippen LogP contribution in [0.25, 0.3) is 0 Å². The lowest BCUT2D eigenvalue weighted by Gasteiger charge is -2.18. The molecule has 1 N–H and O–H groups in total. The van der Waals surface area contributed by atoms with Crippen molar-refractivity contribution in [3.8, 4) is 0 Å². The molecule has 0 saturated heterocycles. The van der Waals surface area contributed by atoms with Crippen molar-refractivity contribution in [2.24, 2.45) is 5.41 Å². The average Bonchev–Trinajstić information content (AvgIpc) is 2.69. The maximum absolute atomic E-state index is 12.3. The number of rotatable bonds is 5. The van der Waals surface area contributed by atoms with Crippen LogP contribution in [0.5, 0.6) is 0 Å². The zero-order chi connectivity index (χ0) is 14.8. The van der Waals surface area contributed by atoms with E-state index in [2.05, 4.69) is 18.6 Å². The number of benzene rings is 1. The van der Waals surface area contributed by atoms with Crippen LogP contribution >= 0.6 is 11.6 Å². The van der Waals surface area contributed by atoms with Crippen LogP contribution < -0.4 is 4.72 Å². The number of aryl methyl sites for hydroxylation is 1. The predicted molar refractivity (Wildman–Crippen MR) is 82.6 cm³/mol. The molecule has 1 aliphatic carbocycles. The third-order valence-electron chi connectivity index (χ3n) is 3.91. The fourth-order valence-corrected chi connectivity index (χ4v) is 4.26. The molecule has 1 aromatic carbocycles. The monoisotopic (exact) mass is 315 g/mol. The van der Waals surface area contributed by atoms with Gasteiger partial charge in [-0.1, -0.05) is 26.0 Å². The highest BCUT2D eigenvalue weighted by Crippen LogP contribution is 2.37. The number of alkyl halides is 1. The first-order valence-electron chi connectivity index (χ1n) is 7.00. The van der Waals surface area contributed by atoms with Crippen molar-refractivity contribution in [1.29, 1.82) is 0 Å². The Hall–Kier alpha value is -0.580. The lowest BCUT2D eigenvalue weighted by molar-refractivity contribution is 0.372. The zero-order valence-electron chi connectivity index (χ0n) is 12.0. The van der Waals surface area contributed by atoms with Crippen molar-refractivity contribution in [3.05, 3.63) is 29.8 Å². The molecule has 20 heavy (non-hydrogen) atoms. The summed E-state index contributed by atoms with van der Waals surface area (Å²) in [5, 5.41) is 0. The first kappa shape index (κ1) is 15.8. The Morgan fingerprint density at radius 1 is 1.30 bits per heavy atom. The van der Waals surface area contributed by atoms with Crippen molar-refractivity contribution < 1.29 is 8.42 Å². The predicted octanol–water partition coefficient (Wildman–Crippen LogP) is 3.32. The van der Waals surface area contributed by atoms with E-state index in [4.69, 9.17) is 11.6 Å². The molecule has 1 aromatic rings. The molecule has 2 rings (SSSR count). The van der Waals surface area contributed by atoms with Gasteiger partial charge >= 0.3 is 0 Å². The molecule has 0 aliphatic heterocycles. The average molecular weight is 316 g/mol. The topological polar surface area (TPSA) is 46.2 Å². The van der Waals surface area contributed by atoms with Crippen LogP contribution in [-0.2, 0) is 16.4 Å². The number of hydrogen-bond donors (Lipinski definition) is 1. The minimum Gasteiger partial charge on any atom is -0.208 e. The van der Waals surface area contributed by atoms with Crippen molar-refractivity contribution >= 4 is 21.6 Å². The second kappa shape index (κ2) is 6.04. The summed E-state index contributed by atoms with van der Waals surface area (Å²) in [4.78, 5) is 0.334. The van der Waals surface area contributed by atoms with Crippen LogP contribution in [0.2, 0.25) is 0 Å². The minimum atomic E-state index is -3.41. The highest BCUT2D eigenvalue weighted by Gasteiger charge is 2.33. The van der Waals surface area contributed by atoms with Gasteiger partial charge in [0.2, 0.25) is 10.0 Å². The van der Waals surface area contributed by atoms with Crippen LogP contribution in [0.3, 0.4) is 0 Å².